The van der Waals surface area contributed by atoms with E-state index in [0.717, 1.165) is 56.7 Å². The fourth-order valence-electron chi connectivity index (χ4n) is 11.3. The van der Waals surface area contributed by atoms with Crippen LogP contribution in [0.1, 0.15) is 132 Å². The van der Waals surface area contributed by atoms with Crippen molar-refractivity contribution in [1.82, 2.24) is 4.57 Å². The van der Waals surface area contributed by atoms with Crippen molar-refractivity contribution in [1.29, 1.82) is 0 Å². The average molecular weight is 958 g/mol. The number of benzene rings is 8. The van der Waals surface area contributed by atoms with Crippen LogP contribution in [0, 0.1) is 0 Å². The number of rotatable bonds is 5. The van der Waals surface area contributed by atoms with Crippen LogP contribution in [0.5, 0.6) is 11.5 Å². The van der Waals surface area contributed by atoms with Gasteiger partial charge in [0.05, 0.1) is 22.4 Å². The molecule has 0 saturated carbocycles. The zero-order valence-electron chi connectivity index (χ0n) is 45.9. The number of hydrogen-bond acceptors (Lipinski definition) is 3. The lowest BCUT2D eigenvalue weighted by atomic mass is 9.33. The van der Waals surface area contributed by atoms with Gasteiger partial charge in [-0.25, -0.2) is 0 Å². The second-order valence-corrected chi connectivity index (χ2v) is 26.0. The van der Waals surface area contributed by atoms with Crippen LogP contribution >= 0.6 is 0 Å². The lowest BCUT2D eigenvalue weighted by Gasteiger charge is -2.41. The lowest BCUT2D eigenvalue weighted by Crippen LogP contribution is -2.60. The van der Waals surface area contributed by atoms with E-state index in [1.807, 2.05) is 0 Å². The molecule has 2 aliphatic heterocycles. The number of hydrogen-bond donors (Lipinski definition) is 0. The van der Waals surface area contributed by atoms with Crippen molar-refractivity contribution in [2.75, 3.05) is 9.80 Å². The van der Waals surface area contributed by atoms with Gasteiger partial charge in [0, 0.05) is 45.3 Å². The molecule has 8 aromatic carbocycles. The Hall–Kier alpha value is -6.98. The predicted octanol–water partition coefficient (Wildman–Crippen LogP) is 17.1. The number of anilines is 6. The summed E-state index contributed by atoms with van der Waals surface area (Å²) in [5, 5.41) is 2.39. The summed E-state index contributed by atoms with van der Waals surface area (Å²) >= 11 is 0. The van der Waals surface area contributed by atoms with E-state index in [-0.39, 0.29) is 33.8 Å². The summed E-state index contributed by atoms with van der Waals surface area (Å²) < 4.78 is 9.86. The average Bonchev–Trinajstić information content (AvgIpc) is 3.68. The second kappa shape index (κ2) is 16.8. The molecule has 0 bridgehead atoms. The van der Waals surface area contributed by atoms with Crippen molar-refractivity contribution in [3.05, 3.63) is 192 Å². The van der Waals surface area contributed by atoms with Gasteiger partial charge in [0.15, 0.2) is 0 Å². The largest absolute Gasteiger partial charge is 0.458 e. The van der Waals surface area contributed by atoms with Gasteiger partial charge >= 0.3 is 0 Å². The Morgan fingerprint density at radius 2 is 0.890 bits per heavy atom. The summed E-state index contributed by atoms with van der Waals surface area (Å²) in [4.78, 5) is 4.98. The highest BCUT2D eigenvalue weighted by molar-refractivity contribution is 6.99. The van der Waals surface area contributed by atoms with E-state index in [0.29, 0.717) is 0 Å². The number of fused-ring (bicyclic) bond motifs is 7. The maximum atomic E-state index is 7.36. The molecule has 0 saturated heterocycles. The molecule has 11 rings (SSSR count). The number of aromatic nitrogens is 1. The SMILES string of the molecule is CC(C)(C)c1ccc(N2c3ccc(C(C)(C)C)cc3B3c4cc(C(C)(C)C)ccc4Oc4cc(-n5c6ccccc6c6cccc(N(c7ccc(C(C)(C)C)cc7)c7ccc(C(C)(C)C)cc7)c65)cc2c43)cc1. The first-order valence-electron chi connectivity index (χ1n) is 26.5. The van der Waals surface area contributed by atoms with Gasteiger partial charge in [-0.3, -0.25) is 0 Å². The van der Waals surface area contributed by atoms with Crippen molar-refractivity contribution in [3.8, 4) is 17.2 Å². The maximum absolute atomic E-state index is 7.36. The van der Waals surface area contributed by atoms with E-state index in [4.69, 9.17) is 4.74 Å². The van der Waals surface area contributed by atoms with Gasteiger partial charge in [-0.2, -0.15) is 0 Å². The van der Waals surface area contributed by atoms with Crippen LogP contribution in [-0.4, -0.2) is 11.3 Å². The smallest absolute Gasteiger partial charge is 0.256 e. The zero-order chi connectivity index (χ0) is 51.7. The lowest BCUT2D eigenvalue weighted by molar-refractivity contribution is 0.486. The second-order valence-electron chi connectivity index (χ2n) is 26.0. The van der Waals surface area contributed by atoms with Crippen LogP contribution in [0.25, 0.3) is 27.5 Å². The normalized spacial score (nSPS) is 13.7. The highest BCUT2D eigenvalue weighted by atomic mass is 16.5. The Morgan fingerprint density at radius 3 is 1.45 bits per heavy atom. The van der Waals surface area contributed by atoms with Crippen LogP contribution in [-0.2, 0) is 27.1 Å². The summed E-state index contributed by atoms with van der Waals surface area (Å²) in [7, 11) is 0. The molecule has 5 heteroatoms. The molecule has 0 fully saturated rings. The molecule has 0 amide bonds. The standard InChI is InChI=1S/C68H72BN3O/c1-64(2,3)43-23-31-48(32-24-43)70(49-33-25-44(26-34-49)65(4,5)6)58-22-18-20-53-52-19-16-17-21-56(52)72(63(53)58)51-41-59-62-61(42-51)73-60-38-30-47(68(13,14)15)40-55(60)69(62)54-39-46(67(10,11)12)29-37-57(54)71(59)50-35-27-45(28-36-50)66(7,8)9/h16-42H,1-15H3. The molecular formula is C68H72BN3O. The quantitative estimate of drug-likeness (QED) is 0.160. The molecule has 368 valence electrons. The molecule has 0 radical (unpaired) electrons. The first-order chi connectivity index (χ1) is 34.4. The Labute approximate surface area is 435 Å². The van der Waals surface area contributed by atoms with E-state index in [9.17, 15) is 0 Å². The van der Waals surface area contributed by atoms with Gasteiger partial charge in [0.1, 0.15) is 11.5 Å². The van der Waals surface area contributed by atoms with Crippen molar-refractivity contribution < 1.29 is 4.74 Å². The molecule has 4 nitrogen and oxygen atoms in total. The van der Waals surface area contributed by atoms with Gasteiger partial charge in [0.2, 0.25) is 0 Å². The van der Waals surface area contributed by atoms with Gasteiger partial charge in [-0.15, -0.1) is 0 Å². The first-order valence-corrected chi connectivity index (χ1v) is 26.5. The van der Waals surface area contributed by atoms with Crippen LogP contribution in [0.2, 0.25) is 0 Å². The fraction of sp³-hybridized carbons (Fsp3) is 0.294. The molecule has 3 heterocycles. The van der Waals surface area contributed by atoms with Crippen LogP contribution < -0.4 is 30.9 Å². The van der Waals surface area contributed by atoms with E-state index < -0.39 is 0 Å². The third kappa shape index (κ3) is 8.34. The van der Waals surface area contributed by atoms with Crippen LogP contribution in [0.3, 0.4) is 0 Å². The minimum atomic E-state index is -0.0520. The van der Waals surface area contributed by atoms with Crippen LogP contribution in [0.15, 0.2) is 164 Å². The number of ether oxygens (including phenoxy) is 1. The third-order valence-corrected chi connectivity index (χ3v) is 15.6. The van der Waals surface area contributed by atoms with E-state index in [1.165, 1.54) is 60.7 Å². The molecule has 1 aromatic heterocycles. The molecule has 0 N–H and O–H groups in total. The fourth-order valence-corrected chi connectivity index (χ4v) is 11.3. The number of nitrogens with zero attached hydrogens (tertiary/aromatic N) is 3. The molecule has 0 unspecified atom stereocenters. The highest BCUT2D eigenvalue weighted by Crippen LogP contribution is 2.48. The molecule has 0 aliphatic carbocycles. The molecule has 2 aliphatic rings. The Balaban J connectivity index is 1.22. The van der Waals surface area contributed by atoms with Gasteiger partial charge in [-0.1, -0.05) is 195 Å². The van der Waals surface area contributed by atoms with Gasteiger partial charge < -0.3 is 19.1 Å². The van der Waals surface area contributed by atoms with Crippen molar-refractivity contribution in [2.45, 2.75) is 131 Å². The minimum Gasteiger partial charge on any atom is -0.458 e. The molecule has 9 aromatic rings. The zero-order valence-corrected chi connectivity index (χ0v) is 45.9. The van der Waals surface area contributed by atoms with Crippen molar-refractivity contribution in [3.63, 3.8) is 0 Å². The van der Waals surface area contributed by atoms with Gasteiger partial charge in [0.25, 0.3) is 6.71 Å². The maximum Gasteiger partial charge on any atom is 0.256 e. The Bertz CT molecular complexity index is 3540. The van der Waals surface area contributed by atoms with E-state index in [2.05, 4.69) is 282 Å². The summed E-state index contributed by atoms with van der Waals surface area (Å²) in [6.07, 6.45) is 0. The van der Waals surface area contributed by atoms with Crippen LogP contribution in [0.4, 0.5) is 34.1 Å². The van der Waals surface area contributed by atoms with Gasteiger partial charge in [-0.05, 0) is 138 Å². The summed E-state index contributed by atoms with van der Waals surface area (Å²) in [6.45, 7) is 34.4. The number of para-hydroxylation sites is 2. The molecule has 0 spiro atoms. The monoisotopic (exact) mass is 958 g/mol. The Kier molecular flexibility index (Phi) is 11.1. The molecule has 73 heavy (non-hydrogen) atoms. The third-order valence-electron chi connectivity index (χ3n) is 15.6. The summed E-state index contributed by atoms with van der Waals surface area (Å²) in [5.74, 6) is 1.79. The minimum absolute atomic E-state index is 0.0117. The van der Waals surface area contributed by atoms with Crippen molar-refractivity contribution >= 4 is 79.0 Å². The first kappa shape index (κ1) is 48.3. The summed E-state index contributed by atoms with van der Waals surface area (Å²) in [5.41, 5.74) is 20.3. The predicted molar refractivity (Wildman–Crippen MR) is 315 cm³/mol. The van der Waals surface area contributed by atoms with Crippen molar-refractivity contribution in [2.24, 2.45) is 0 Å². The summed E-state index contributed by atoms with van der Waals surface area (Å²) in [6, 6.07) is 62.4. The van der Waals surface area contributed by atoms with E-state index >= 15 is 0 Å². The highest BCUT2D eigenvalue weighted by Gasteiger charge is 2.43. The molecular weight excluding hydrogens is 886 g/mol. The Morgan fingerprint density at radius 1 is 0.397 bits per heavy atom. The topological polar surface area (TPSA) is 20.6 Å². The molecule has 0 atom stereocenters. The van der Waals surface area contributed by atoms with E-state index in [1.54, 1.807) is 0 Å².